The Morgan fingerprint density at radius 1 is 1.18 bits per heavy atom. The molecule has 7 nitrogen and oxygen atoms in total. The Morgan fingerprint density at radius 3 is 2.36 bits per heavy atom. The lowest BCUT2D eigenvalue weighted by Gasteiger charge is -2.30. The highest BCUT2D eigenvalue weighted by atomic mass is 127. The van der Waals surface area contributed by atoms with Crippen LogP contribution in [0.3, 0.4) is 0 Å². The van der Waals surface area contributed by atoms with E-state index < -0.39 is 15.5 Å². The van der Waals surface area contributed by atoms with E-state index in [1.807, 2.05) is 6.92 Å². The Bertz CT molecular complexity index is 554. The van der Waals surface area contributed by atoms with E-state index in [0.717, 1.165) is 19.4 Å². The van der Waals surface area contributed by atoms with E-state index in [2.05, 4.69) is 22.5 Å². The molecule has 2 N–H and O–H groups in total. The minimum Gasteiger partial charge on any atom is -0.380 e. The predicted molar refractivity (Wildman–Crippen MR) is 114 cm³/mol. The summed E-state index contributed by atoms with van der Waals surface area (Å²) < 4.78 is 66.6. The lowest BCUT2D eigenvalue weighted by molar-refractivity contribution is -0.0496. The summed E-state index contributed by atoms with van der Waals surface area (Å²) in [5.74, 6) is 0.683. The average Bonchev–Trinajstić information content (AvgIpc) is 2.62. The van der Waals surface area contributed by atoms with Crippen molar-refractivity contribution in [2.45, 2.75) is 45.0 Å². The Balaban J connectivity index is 0.00000729. The van der Waals surface area contributed by atoms with Crippen LogP contribution >= 0.6 is 24.0 Å². The number of aliphatic imine (C=N–C) groups is 1. The molecule has 0 bridgehead atoms. The first kappa shape index (κ1) is 27.7. The first-order valence-electron chi connectivity index (χ1n) is 9.38. The molecule has 0 aliphatic carbocycles. The van der Waals surface area contributed by atoms with Gasteiger partial charge in [0.1, 0.15) is 0 Å². The van der Waals surface area contributed by atoms with Crippen LogP contribution in [0.2, 0.25) is 0 Å². The lowest BCUT2D eigenvalue weighted by Crippen LogP contribution is -2.45. The lowest BCUT2D eigenvalue weighted by atomic mass is 9.98. The van der Waals surface area contributed by atoms with Crippen molar-refractivity contribution in [3.05, 3.63) is 0 Å². The van der Waals surface area contributed by atoms with Gasteiger partial charge >= 0.3 is 15.5 Å². The largest absolute Gasteiger partial charge is 0.511 e. The van der Waals surface area contributed by atoms with Crippen LogP contribution < -0.4 is 10.6 Å². The summed E-state index contributed by atoms with van der Waals surface area (Å²) in [6, 6.07) is 0. The molecule has 1 rings (SSSR count). The van der Waals surface area contributed by atoms with E-state index in [9.17, 15) is 21.6 Å². The first-order valence-corrected chi connectivity index (χ1v) is 10.8. The number of ether oxygens (including phenoxy) is 1. The van der Waals surface area contributed by atoms with Gasteiger partial charge in [0.15, 0.2) is 5.96 Å². The molecule has 0 unspecified atom stereocenters. The van der Waals surface area contributed by atoms with Crippen molar-refractivity contribution >= 4 is 40.0 Å². The Hall–Kier alpha value is -0.340. The van der Waals surface area contributed by atoms with Crippen molar-refractivity contribution in [3.63, 3.8) is 0 Å². The number of hydrogen-bond donors (Lipinski definition) is 2. The van der Waals surface area contributed by atoms with Gasteiger partial charge in [-0.15, -0.1) is 24.0 Å². The van der Waals surface area contributed by atoms with Crippen LogP contribution in [0.5, 0.6) is 0 Å². The number of nitrogens with zero attached hydrogens (tertiary/aromatic N) is 2. The zero-order valence-electron chi connectivity index (χ0n) is 16.4. The van der Waals surface area contributed by atoms with E-state index in [-0.39, 0.29) is 43.0 Å². The van der Waals surface area contributed by atoms with Gasteiger partial charge in [0.25, 0.3) is 0 Å². The third-order valence-corrected chi connectivity index (χ3v) is 5.87. The third-order valence-electron chi connectivity index (χ3n) is 4.24. The topological polar surface area (TPSA) is 83.0 Å². The highest BCUT2D eigenvalue weighted by Crippen LogP contribution is 2.30. The molecule has 0 saturated carbocycles. The Morgan fingerprint density at radius 2 is 1.82 bits per heavy atom. The van der Waals surface area contributed by atoms with Gasteiger partial charge in [-0.3, -0.25) is 4.99 Å². The molecule has 1 saturated heterocycles. The van der Waals surface area contributed by atoms with Crippen molar-refractivity contribution in [2.75, 3.05) is 45.9 Å². The van der Waals surface area contributed by atoms with Gasteiger partial charge in [-0.25, -0.2) is 8.42 Å². The summed E-state index contributed by atoms with van der Waals surface area (Å²) in [6.07, 6.45) is 2.83. The maximum absolute atomic E-state index is 12.6. The summed E-state index contributed by atoms with van der Waals surface area (Å²) in [7, 11) is -5.23. The molecule has 12 heteroatoms. The molecule has 0 aromatic carbocycles. The first-order chi connectivity index (χ1) is 12.7. The smallest absolute Gasteiger partial charge is 0.380 e. The van der Waals surface area contributed by atoms with Gasteiger partial charge in [0.05, 0.1) is 6.61 Å². The molecule has 0 atom stereocenters. The van der Waals surface area contributed by atoms with Gasteiger partial charge < -0.3 is 15.4 Å². The second-order valence-corrected chi connectivity index (χ2v) is 8.33. The van der Waals surface area contributed by atoms with Crippen LogP contribution in [0, 0.1) is 5.92 Å². The van der Waals surface area contributed by atoms with Crippen LogP contribution in [0.4, 0.5) is 13.2 Å². The minimum atomic E-state index is -5.24. The van der Waals surface area contributed by atoms with E-state index in [0.29, 0.717) is 49.3 Å². The minimum absolute atomic E-state index is 0. The SMILES string of the molecule is CCCCOCCNC(=NCC1CCN(S(=O)(=O)C(F)(F)F)CC1)NCC.I. The fourth-order valence-corrected chi connectivity index (χ4v) is 3.62. The van der Waals surface area contributed by atoms with Gasteiger partial charge in [0.2, 0.25) is 0 Å². The maximum atomic E-state index is 12.6. The molecule has 0 aromatic rings. The summed E-state index contributed by atoms with van der Waals surface area (Å²) in [5.41, 5.74) is -5.24. The fourth-order valence-electron chi connectivity index (χ4n) is 2.63. The van der Waals surface area contributed by atoms with Crippen LogP contribution in [-0.4, -0.2) is 70.1 Å². The number of rotatable bonds is 10. The average molecular weight is 544 g/mol. The molecule has 28 heavy (non-hydrogen) atoms. The van der Waals surface area contributed by atoms with E-state index >= 15 is 0 Å². The summed E-state index contributed by atoms with van der Waals surface area (Å²) in [6.45, 7) is 6.81. The number of halogens is 4. The van der Waals surface area contributed by atoms with Gasteiger partial charge in [0, 0.05) is 39.3 Å². The molecular weight excluding hydrogens is 512 g/mol. The second kappa shape index (κ2) is 13.8. The van der Waals surface area contributed by atoms with Crippen molar-refractivity contribution in [1.29, 1.82) is 0 Å². The molecular formula is C16H32F3IN4O3S. The highest BCUT2D eigenvalue weighted by Gasteiger charge is 2.50. The number of nitrogens with one attached hydrogen (secondary N) is 2. The van der Waals surface area contributed by atoms with Crippen molar-refractivity contribution in [1.82, 2.24) is 14.9 Å². The molecule has 1 aliphatic heterocycles. The summed E-state index contributed by atoms with van der Waals surface area (Å²) in [5, 5.41) is 6.25. The van der Waals surface area contributed by atoms with Gasteiger partial charge in [-0.05, 0) is 32.1 Å². The number of alkyl halides is 3. The molecule has 0 amide bonds. The van der Waals surface area contributed by atoms with Crippen LogP contribution in [0.15, 0.2) is 4.99 Å². The summed E-state index contributed by atoms with van der Waals surface area (Å²) >= 11 is 0. The Labute approximate surface area is 182 Å². The number of unbranched alkanes of at least 4 members (excludes halogenated alkanes) is 1. The van der Waals surface area contributed by atoms with E-state index in [1.54, 1.807) is 0 Å². The summed E-state index contributed by atoms with van der Waals surface area (Å²) in [4.78, 5) is 4.46. The van der Waals surface area contributed by atoms with Crippen LogP contribution in [0.25, 0.3) is 0 Å². The molecule has 0 aromatic heterocycles. The molecule has 168 valence electrons. The number of sulfonamides is 1. The standard InChI is InChI=1S/C16H31F3N4O3S.HI/c1-3-5-11-26-12-8-21-15(20-4-2)22-13-14-6-9-23(10-7-14)27(24,25)16(17,18)19;/h14H,3-13H2,1-2H3,(H2,20,21,22);1H. The maximum Gasteiger partial charge on any atom is 0.511 e. The third kappa shape index (κ3) is 9.44. The molecule has 0 spiro atoms. The molecule has 0 radical (unpaired) electrons. The fraction of sp³-hybridized carbons (Fsp3) is 0.938. The van der Waals surface area contributed by atoms with Crippen molar-refractivity contribution < 1.29 is 26.3 Å². The van der Waals surface area contributed by atoms with E-state index in [4.69, 9.17) is 4.74 Å². The second-order valence-electron chi connectivity index (χ2n) is 6.41. The predicted octanol–water partition coefficient (Wildman–Crippen LogP) is 2.54. The number of hydrogen-bond acceptors (Lipinski definition) is 4. The monoisotopic (exact) mass is 544 g/mol. The van der Waals surface area contributed by atoms with Crippen molar-refractivity contribution in [3.8, 4) is 0 Å². The molecule has 1 fully saturated rings. The quantitative estimate of drug-likeness (QED) is 0.191. The van der Waals surface area contributed by atoms with Gasteiger partial charge in [-0.1, -0.05) is 13.3 Å². The van der Waals surface area contributed by atoms with Gasteiger partial charge in [-0.2, -0.15) is 17.5 Å². The number of guanidine groups is 1. The number of piperidine rings is 1. The zero-order chi connectivity index (χ0) is 20.3. The molecule has 1 heterocycles. The molecule has 1 aliphatic rings. The highest BCUT2D eigenvalue weighted by molar-refractivity contribution is 14.0. The zero-order valence-corrected chi connectivity index (χ0v) is 19.6. The van der Waals surface area contributed by atoms with Crippen molar-refractivity contribution in [2.24, 2.45) is 10.9 Å². The normalized spacial score (nSPS) is 17.2. The van der Waals surface area contributed by atoms with E-state index in [1.165, 1.54) is 0 Å². The Kier molecular flexibility index (Phi) is 13.6. The van der Waals surface area contributed by atoms with Crippen LogP contribution in [-0.2, 0) is 14.8 Å². The van der Waals surface area contributed by atoms with Crippen LogP contribution in [0.1, 0.15) is 39.5 Å².